The summed E-state index contributed by atoms with van der Waals surface area (Å²) in [6, 6.07) is 0. The number of carbonyl (C=O) groups excluding carboxylic acids is 1. The van der Waals surface area contributed by atoms with Crippen molar-refractivity contribution in [3.63, 3.8) is 0 Å². The molecule has 120 valence electrons. The van der Waals surface area contributed by atoms with Crippen LogP contribution in [-0.4, -0.2) is 23.3 Å². The Balaban J connectivity index is 4.05. The highest BCUT2D eigenvalue weighted by molar-refractivity contribution is 5.87. The Hall–Kier alpha value is -1.35. The van der Waals surface area contributed by atoms with Crippen LogP contribution in [0.4, 0.5) is 0 Å². The van der Waals surface area contributed by atoms with Crippen LogP contribution >= 0.6 is 0 Å². The first-order valence-electron chi connectivity index (χ1n) is 7.59. The summed E-state index contributed by atoms with van der Waals surface area (Å²) < 4.78 is 5.31. The highest BCUT2D eigenvalue weighted by Crippen LogP contribution is 2.14. The fourth-order valence-electron chi connectivity index (χ4n) is 1.67. The Morgan fingerprint density at radius 3 is 2.43 bits per heavy atom. The van der Waals surface area contributed by atoms with Gasteiger partial charge in [0.2, 0.25) is 0 Å². The van der Waals surface area contributed by atoms with Crippen molar-refractivity contribution in [1.82, 2.24) is 0 Å². The zero-order valence-electron chi connectivity index (χ0n) is 14.1. The molecule has 0 saturated carbocycles. The topological polar surface area (TPSA) is 46.5 Å². The zero-order valence-corrected chi connectivity index (χ0v) is 14.1. The molecule has 0 aliphatic rings. The smallest absolute Gasteiger partial charge is 0.333 e. The molecule has 0 radical (unpaired) electrons. The van der Waals surface area contributed by atoms with E-state index in [2.05, 4.69) is 13.0 Å². The van der Waals surface area contributed by atoms with Gasteiger partial charge >= 0.3 is 5.97 Å². The van der Waals surface area contributed by atoms with E-state index < -0.39 is 5.60 Å². The van der Waals surface area contributed by atoms with Crippen molar-refractivity contribution >= 4 is 5.97 Å². The molecular weight excluding hydrogens is 264 g/mol. The molecule has 21 heavy (non-hydrogen) atoms. The summed E-state index contributed by atoms with van der Waals surface area (Å²) in [5, 5.41) is 8.59. The molecule has 0 fully saturated rings. The van der Waals surface area contributed by atoms with Crippen molar-refractivity contribution in [2.75, 3.05) is 6.61 Å². The Labute approximate surface area is 129 Å². The average molecular weight is 294 g/mol. The fraction of sp³-hybridized carbons (Fsp3) is 0.611. The lowest BCUT2D eigenvalue weighted by molar-refractivity contribution is -0.149. The summed E-state index contributed by atoms with van der Waals surface area (Å²) >= 11 is 0. The van der Waals surface area contributed by atoms with E-state index in [9.17, 15) is 4.79 Å². The van der Waals surface area contributed by atoms with Crippen molar-refractivity contribution < 1.29 is 14.6 Å². The van der Waals surface area contributed by atoms with Gasteiger partial charge in [-0.05, 0) is 52.9 Å². The molecule has 0 bridgehead atoms. The van der Waals surface area contributed by atoms with Crippen molar-refractivity contribution in [3.8, 4) is 0 Å². The van der Waals surface area contributed by atoms with Gasteiger partial charge in [0, 0.05) is 5.57 Å². The number of esters is 1. The van der Waals surface area contributed by atoms with Gasteiger partial charge in [0.1, 0.15) is 5.60 Å². The third-order valence-corrected chi connectivity index (χ3v) is 2.86. The van der Waals surface area contributed by atoms with Crippen LogP contribution < -0.4 is 0 Å². The van der Waals surface area contributed by atoms with Gasteiger partial charge in [-0.2, -0.15) is 0 Å². The molecule has 1 N–H and O–H groups in total. The van der Waals surface area contributed by atoms with Crippen LogP contribution in [-0.2, 0) is 9.53 Å². The van der Waals surface area contributed by atoms with Crippen LogP contribution in [0.25, 0.3) is 0 Å². The number of hydrogen-bond acceptors (Lipinski definition) is 3. The summed E-state index contributed by atoms with van der Waals surface area (Å²) in [5.74, 6) is 0.329. The maximum Gasteiger partial charge on any atom is 0.333 e. The molecule has 0 amide bonds. The van der Waals surface area contributed by atoms with E-state index in [1.807, 2.05) is 39.0 Å². The monoisotopic (exact) mass is 294 g/mol. The lowest BCUT2D eigenvalue weighted by Crippen LogP contribution is -2.24. The number of aliphatic hydroxyl groups is 1. The number of ether oxygens (including phenoxy) is 1. The van der Waals surface area contributed by atoms with Crippen LogP contribution in [0.15, 0.2) is 36.0 Å². The molecule has 1 atom stereocenters. The molecule has 0 aromatic carbocycles. The number of allylic oxidation sites excluding steroid dienone is 4. The number of rotatable bonds is 8. The van der Waals surface area contributed by atoms with Gasteiger partial charge in [-0.15, -0.1) is 0 Å². The number of aliphatic hydroxyl groups excluding tert-OH is 1. The summed E-state index contributed by atoms with van der Waals surface area (Å²) in [6.45, 7) is 9.69. The van der Waals surface area contributed by atoms with Gasteiger partial charge in [0.15, 0.2) is 0 Å². The maximum atomic E-state index is 11.8. The minimum atomic E-state index is -0.438. The average Bonchev–Trinajstić information content (AvgIpc) is 2.36. The zero-order chi connectivity index (χ0) is 16.3. The second kappa shape index (κ2) is 10.4. The minimum absolute atomic E-state index is 0.0780. The van der Waals surface area contributed by atoms with E-state index in [-0.39, 0.29) is 12.6 Å². The number of hydrogen-bond donors (Lipinski definition) is 1. The van der Waals surface area contributed by atoms with Gasteiger partial charge in [0.05, 0.1) is 6.61 Å². The van der Waals surface area contributed by atoms with Gasteiger partial charge in [-0.25, -0.2) is 4.79 Å². The lowest BCUT2D eigenvalue weighted by Gasteiger charge is -2.19. The summed E-state index contributed by atoms with van der Waals surface area (Å²) in [6.07, 6.45) is 12.5. The molecule has 0 saturated heterocycles. The van der Waals surface area contributed by atoms with Gasteiger partial charge < -0.3 is 9.84 Å². The van der Waals surface area contributed by atoms with Crippen LogP contribution in [0.3, 0.4) is 0 Å². The first-order chi connectivity index (χ1) is 9.76. The third-order valence-electron chi connectivity index (χ3n) is 2.86. The van der Waals surface area contributed by atoms with E-state index in [0.29, 0.717) is 11.5 Å². The summed E-state index contributed by atoms with van der Waals surface area (Å²) in [7, 11) is 0. The van der Waals surface area contributed by atoms with Crippen molar-refractivity contribution in [3.05, 3.63) is 36.0 Å². The highest BCUT2D eigenvalue weighted by atomic mass is 16.6. The van der Waals surface area contributed by atoms with E-state index in [1.54, 1.807) is 13.0 Å². The first kappa shape index (κ1) is 19.7. The molecule has 3 nitrogen and oxygen atoms in total. The van der Waals surface area contributed by atoms with E-state index in [1.165, 1.54) is 0 Å². The Bertz CT molecular complexity index is 384. The van der Waals surface area contributed by atoms with Gasteiger partial charge in [-0.3, -0.25) is 0 Å². The van der Waals surface area contributed by atoms with Crippen LogP contribution in [0.2, 0.25) is 0 Å². The first-order valence-corrected chi connectivity index (χ1v) is 7.59. The predicted octanol–water partition coefficient (Wildman–Crippen LogP) is 4.19. The SMILES string of the molecule is C/C(=C\CC[C@H](C)C/C=C/C=C/CO)C(=O)OC(C)(C)C. The quantitative estimate of drug-likeness (QED) is 0.415. The molecular formula is C18H30O3. The summed E-state index contributed by atoms with van der Waals surface area (Å²) in [5.41, 5.74) is 0.241. The third kappa shape index (κ3) is 12.1. The normalized spacial score (nSPS) is 14.9. The molecule has 0 aromatic rings. The molecule has 0 spiro atoms. The molecule has 3 heteroatoms. The van der Waals surface area contributed by atoms with E-state index in [0.717, 1.165) is 19.3 Å². The lowest BCUT2D eigenvalue weighted by atomic mass is 10.0. The Morgan fingerprint density at radius 1 is 1.24 bits per heavy atom. The van der Waals surface area contributed by atoms with E-state index in [4.69, 9.17) is 9.84 Å². The Kier molecular flexibility index (Phi) is 9.72. The largest absolute Gasteiger partial charge is 0.457 e. The molecule has 0 aromatic heterocycles. The van der Waals surface area contributed by atoms with Gasteiger partial charge in [-0.1, -0.05) is 37.3 Å². The maximum absolute atomic E-state index is 11.8. The van der Waals surface area contributed by atoms with Crippen molar-refractivity contribution in [1.29, 1.82) is 0 Å². The molecule has 0 aliphatic carbocycles. The molecule has 0 rings (SSSR count). The van der Waals surface area contributed by atoms with Gasteiger partial charge in [0.25, 0.3) is 0 Å². The second-order valence-electron chi connectivity index (χ2n) is 6.35. The fourth-order valence-corrected chi connectivity index (χ4v) is 1.67. The van der Waals surface area contributed by atoms with Crippen LogP contribution in [0.1, 0.15) is 53.9 Å². The number of carbonyl (C=O) groups is 1. The Morgan fingerprint density at radius 2 is 1.86 bits per heavy atom. The molecule has 0 unspecified atom stereocenters. The molecule has 0 heterocycles. The molecule has 0 aliphatic heterocycles. The summed E-state index contributed by atoms with van der Waals surface area (Å²) in [4.78, 5) is 11.8. The van der Waals surface area contributed by atoms with Crippen molar-refractivity contribution in [2.45, 2.75) is 59.5 Å². The van der Waals surface area contributed by atoms with Crippen LogP contribution in [0, 0.1) is 5.92 Å². The minimum Gasteiger partial charge on any atom is -0.457 e. The van der Waals surface area contributed by atoms with Crippen LogP contribution in [0.5, 0.6) is 0 Å². The second-order valence-corrected chi connectivity index (χ2v) is 6.35. The van der Waals surface area contributed by atoms with Crippen molar-refractivity contribution in [2.24, 2.45) is 5.92 Å². The predicted molar refractivity (Wildman–Crippen MR) is 88.0 cm³/mol. The van der Waals surface area contributed by atoms with E-state index >= 15 is 0 Å². The standard InChI is InChI=1S/C18H30O3/c1-15(11-8-6-7-9-14-19)12-10-13-16(2)17(20)21-18(3,4)5/h6-9,13,15,19H,10-12,14H2,1-5H3/b8-6+,9-7+,16-13+/t15-/m1/s1. The highest BCUT2D eigenvalue weighted by Gasteiger charge is 2.17.